The first-order chi connectivity index (χ1) is 34.4. The highest BCUT2D eigenvalue weighted by molar-refractivity contribution is 7.83. The zero-order valence-electron chi connectivity index (χ0n) is 39.8. The summed E-state index contributed by atoms with van der Waals surface area (Å²) in [6.45, 7) is 4.72. The third-order valence-electron chi connectivity index (χ3n) is 14.4. The van der Waals surface area contributed by atoms with Gasteiger partial charge in [-0.2, -0.15) is 0 Å². The quantitative estimate of drug-likeness (QED) is 0.147. The van der Waals surface area contributed by atoms with Gasteiger partial charge in [0.25, 0.3) is 0 Å². The molecule has 12 rings (SSSR count). The van der Waals surface area contributed by atoms with Crippen LogP contribution >= 0.6 is 21.2 Å². The first-order valence-electron chi connectivity index (χ1n) is 24.6. The van der Waals surface area contributed by atoms with Crippen molar-refractivity contribution in [2.45, 2.75) is 33.0 Å². The monoisotopic (exact) mass is 964 g/mol. The summed E-state index contributed by atoms with van der Waals surface area (Å²) in [6.07, 6.45) is 3.32. The Labute approximate surface area is 415 Å². The van der Waals surface area contributed by atoms with Crippen molar-refractivity contribution in [3.05, 3.63) is 271 Å². The molecular weight excluding hydrogens is 906 g/mol. The zero-order chi connectivity index (χ0) is 47.3. The number of hydrogen-bond donors (Lipinski definition) is 0. The normalized spacial score (nSPS) is 19.2. The predicted octanol–water partition coefficient (Wildman–Crippen LogP) is 14.8. The highest BCUT2D eigenvalue weighted by Gasteiger charge is 2.47. The van der Waals surface area contributed by atoms with E-state index in [1.807, 2.05) is 0 Å². The molecule has 3 aliphatic rings. The van der Waals surface area contributed by atoms with Gasteiger partial charge in [-0.05, 0) is 115 Å². The van der Waals surface area contributed by atoms with Crippen LogP contribution in [0.4, 0.5) is 17.1 Å². The molecule has 0 unspecified atom stereocenters. The maximum Gasteiger partial charge on any atom is 0.0624 e. The molecule has 7 heteroatoms. The van der Waals surface area contributed by atoms with Gasteiger partial charge in [-0.25, -0.2) is 0 Å². The number of fused-ring (bicyclic) bond motifs is 3. The summed E-state index contributed by atoms with van der Waals surface area (Å²) >= 11 is 0. The molecule has 346 valence electrons. The van der Waals surface area contributed by atoms with Gasteiger partial charge in [-0.1, -0.05) is 225 Å². The van der Waals surface area contributed by atoms with E-state index in [0.717, 1.165) is 61.6 Å². The summed E-state index contributed by atoms with van der Waals surface area (Å²) in [5, 5.41) is 7.72. The summed E-state index contributed by atoms with van der Waals surface area (Å²) in [5.41, 5.74) is 6.41. The molecule has 0 spiro atoms. The van der Waals surface area contributed by atoms with Crippen LogP contribution in [0.15, 0.2) is 269 Å². The van der Waals surface area contributed by atoms with Gasteiger partial charge in [0, 0.05) is 40.8 Å². The molecule has 0 aromatic heterocycles. The van der Waals surface area contributed by atoms with Crippen molar-refractivity contribution < 1.29 is 0 Å². The first kappa shape index (κ1) is 46.0. The zero-order valence-corrected chi connectivity index (χ0v) is 42.5. The SMILES string of the molecule is CCC12CP(c3ccccc3)(c3ccccc3)=Nc3cccc(c3)CN(Cc3cccc(c3)N=P(c3ccccc3)(c3ccccc3)C1)Cc1cccc(c1)N=P(c1ccccc1)(c1ccccc1)C2. The van der Waals surface area contributed by atoms with Gasteiger partial charge in [0.05, 0.1) is 17.1 Å². The Morgan fingerprint density at radius 2 is 0.571 bits per heavy atom. The molecule has 4 nitrogen and oxygen atoms in total. The average Bonchev–Trinajstić information content (AvgIpc) is 3.41. The van der Waals surface area contributed by atoms with Crippen molar-refractivity contribution in [3.8, 4) is 0 Å². The van der Waals surface area contributed by atoms with E-state index in [0.29, 0.717) is 0 Å². The average molecular weight is 965 g/mol. The topological polar surface area (TPSA) is 40.3 Å². The summed E-state index contributed by atoms with van der Waals surface area (Å²) in [5.74, 6) is 0. The van der Waals surface area contributed by atoms with Gasteiger partial charge in [0.2, 0.25) is 0 Å². The summed E-state index contributed by atoms with van der Waals surface area (Å²) in [6, 6.07) is 95.5. The molecule has 8 bridgehead atoms. The largest absolute Gasteiger partial charge is 0.291 e. The Kier molecular flexibility index (Phi) is 13.3. The molecule has 0 saturated carbocycles. The fraction of sp³-hybridized carbons (Fsp3) is 0.143. The van der Waals surface area contributed by atoms with Gasteiger partial charge in [-0.3, -0.25) is 19.1 Å². The van der Waals surface area contributed by atoms with Crippen molar-refractivity contribution >= 4 is 70.1 Å². The van der Waals surface area contributed by atoms with Gasteiger partial charge >= 0.3 is 0 Å². The second-order valence-corrected chi connectivity index (χ2v) is 28.4. The first-order valence-corrected chi connectivity index (χ1v) is 30.4. The van der Waals surface area contributed by atoms with Gasteiger partial charge < -0.3 is 0 Å². The van der Waals surface area contributed by atoms with E-state index in [1.165, 1.54) is 48.5 Å². The van der Waals surface area contributed by atoms with Crippen LogP contribution in [0.2, 0.25) is 0 Å². The Hall–Kier alpha value is -6.37. The maximum atomic E-state index is 6.36. The van der Waals surface area contributed by atoms with Crippen LogP contribution < -0.4 is 31.8 Å². The van der Waals surface area contributed by atoms with Gasteiger partial charge in [0.15, 0.2) is 0 Å². The molecule has 9 aromatic rings. The minimum atomic E-state index is -2.73. The van der Waals surface area contributed by atoms with Gasteiger partial charge in [-0.15, -0.1) is 0 Å². The van der Waals surface area contributed by atoms with Crippen molar-refractivity contribution in [3.63, 3.8) is 0 Å². The third kappa shape index (κ3) is 9.35. The van der Waals surface area contributed by atoms with E-state index < -0.39 is 26.6 Å². The Bertz CT molecular complexity index is 2910. The minimum Gasteiger partial charge on any atom is -0.291 e. The van der Waals surface area contributed by atoms with Crippen LogP contribution in [0.1, 0.15) is 30.0 Å². The number of benzene rings is 9. The van der Waals surface area contributed by atoms with Crippen molar-refractivity contribution in [2.75, 3.05) is 18.5 Å². The molecule has 0 amide bonds. The third-order valence-corrected chi connectivity index (χ3v) is 26.4. The van der Waals surface area contributed by atoms with Crippen LogP contribution in [-0.2, 0) is 19.6 Å². The van der Waals surface area contributed by atoms with Crippen molar-refractivity contribution in [1.82, 2.24) is 4.90 Å². The lowest BCUT2D eigenvalue weighted by Gasteiger charge is -2.46. The van der Waals surface area contributed by atoms with Crippen LogP contribution in [0, 0.1) is 5.41 Å². The summed E-state index contributed by atoms with van der Waals surface area (Å²) in [4.78, 5) is 2.58. The standard InChI is InChI=1S/C63H59N4P3/c1-2-63-48-68(57-30-9-3-10-31-57,58-32-11-4-12-33-58)64-54-27-21-24-51(42-54)45-67(46-52-25-22-28-55(43-52)65-69(49-63,59-34-13-5-14-35-59)60-36-15-6-16-37-60)47-53-26-23-29-56(44-53)66-70(50-63,61-38-17-7-18-39-61)62-40-19-8-20-41-62/h3-44H,2,45-50H2,1H3. The molecule has 70 heavy (non-hydrogen) atoms. The molecule has 0 radical (unpaired) electrons. The lowest BCUT2D eigenvalue weighted by Crippen LogP contribution is -2.41. The van der Waals surface area contributed by atoms with E-state index in [1.54, 1.807) is 0 Å². The number of nitrogens with zero attached hydrogens (tertiary/aromatic N) is 4. The Morgan fingerprint density at radius 1 is 0.329 bits per heavy atom. The minimum absolute atomic E-state index is 0.424. The molecule has 3 aliphatic heterocycles. The highest BCUT2D eigenvalue weighted by atomic mass is 31.2. The fourth-order valence-electron chi connectivity index (χ4n) is 11.1. The van der Waals surface area contributed by atoms with Crippen molar-refractivity contribution in [2.24, 2.45) is 19.6 Å². The highest BCUT2D eigenvalue weighted by Crippen LogP contribution is 2.65. The molecule has 9 aromatic carbocycles. The summed E-state index contributed by atoms with van der Waals surface area (Å²) in [7, 11) is -8.19. The van der Waals surface area contributed by atoms with E-state index >= 15 is 0 Å². The second-order valence-electron chi connectivity index (χ2n) is 19.1. The molecule has 0 atom stereocenters. The molecule has 3 heterocycles. The van der Waals surface area contributed by atoms with Crippen LogP contribution in [-0.4, -0.2) is 23.4 Å². The molecule has 0 fully saturated rings. The molecule has 0 saturated heterocycles. The lowest BCUT2D eigenvalue weighted by molar-refractivity contribution is 0.248. The van der Waals surface area contributed by atoms with Gasteiger partial charge in [0.1, 0.15) is 0 Å². The van der Waals surface area contributed by atoms with E-state index in [-0.39, 0.29) is 0 Å². The molecular formula is C63H59N4P3. The molecule has 0 N–H and O–H groups in total. The maximum absolute atomic E-state index is 6.36. The second kappa shape index (κ2) is 20.2. The van der Waals surface area contributed by atoms with E-state index in [2.05, 4.69) is 267 Å². The van der Waals surface area contributed by atoms with Crippen LogP contribution in [0.25, 0.3) is 0 Å². The van der Waals surface area contributed by atoms with Crippen LogP contribution in [0.3, 0.4) is 0 Å². The smallest absolute Gasteiger partial charge is 0.0624 e. The Balaban J connectivity index is 1.36. The lowest BCUT2D eigenvalue weighted by atomic mass is 9.92. The van der Waals surface area contributed by atoms with Crippen LogP contribution in [0.5, 0.6) is 0 Å². The fourth-order valence-corrected chi connectivity index (χ4v) is 24.3. The van der Waals surface area contributed by atoms with Crippen molar-refractivity contribution in [1.29, 1.82) is 0 Å². The van der Waals surface area contributed by atoms with E-state index in [4.69, 9.17) is 14.2 Å². The number of hydrogen-bond acceptors (Lipinski definition) is 4. The summed E-state index contributed by atoms with van der Waals surface area (Å²) < 4.78 is 19.1. The van der Waals surface area contributed by atoms with E-state index in [9.17, 15) is 0 Å². The molecule has 0 aliphatic carbocycles. The Morgan fingerprint density at radius 3 is 0.800 bits per heavy atom. The number of rotatable bonds is 7. The predicted molar refractivity (Wildman–Crippen MR) is 303 cm³/mol.